The molecule has 2 atom stereocenters. The fraction of sp³-hybridized carbons (Fsp3) is 0.391. The first kappa shape index (κ1) is 44.4. The molecule has 0 saturated carbocycles. The Morgan fingerprint density at radius 3 is 2.60 bits per heavy atom. The lowest BCUT2D eigenvalue weighted by atomic mass is 9.85. The SMILES string of the molecule is CO[C@@H]1CCC(CN2CCN(c3ccc(C(=O)NS(=O)(=O)c4ccc(NC[C@H]5COCCO5)c([N+](=O)[O-])c4)c(N4CCCOc5nc6[nH]ccc6cc54)c3)CC2)=C(c2ccc(Cl)cc2)C1. The number of hydrogen-bond donors (Lipinski definition) is 3. The first-order valence-corrected chi connectivity index (χ1v) is 23.7. The molecule has 5 aromatic rings. The number of carbonyl (C=O) groups is 1. The zero-order valence-corrected chi connectivity index (χ0v) is 37.5. The van der Waals surface area contributed by atoms with Gasteiger partial charge in [0.15, 0.2) is 0 Å². The number of aromatic nitrogens is 2. The summed E-state index contributed by atoms with van der Waals surface area (Å²) in [4.78, 5) is 40.0. The summed E-state index contributed by atoms with van der Waals surface area (Å²) in [5.41, 5.74) is 6.25. The van der Waals surface area contributed by atoms with Gasteiger partial charge in [-0.3, -0.25) is 19.8 Å². The minimum Gasteiger partial charge on any atom is -0.476 e. The van der Waals surface area contributed by atoms with Crippen molar-refractivity contribution in [2.75, 3.05) is 94.5 Å². The number of hydrogen-bond acceptors (Lipinski definition) is 14. The molecule has 17 nitrogen and oxygen atoms in total. The second-order valence-electron chi connectivity index (χ2n) is 16.6. The zero-order valence-electron chi connectivity index (χ0n) is 36.0. The summed E-state index contributed by atoms with van der Waals surface area (Å²) in [5.74, 6) is -0.517. The van der Waals surface area contributed by atoms with E-state index in [0.29, 0.717) is 67.3 Å². The number of nitro groups is 1. The summed E-state index contributed by atoms with van der Waals surface area (Å²) in [6.45, 7) is 6.14. The van der Waals surface area contributed by atoms with Gasteiger partial charge in [0, 0.05) is 81.3 Å². The number of pyridine rings is 1. The molecule has 0 bridgehead atoms. The Kier molecular flexibility index (Phi) is 13.2. The van der Waals surface area contributed by atoms with Crippen molar-refractivity contribution in [1.29, 1.82) is 0 Å². The van der Waals surface area contributed by atoms with Crippen LogP contribution in [0.4, 0.5) is 28.4 Å². The molecule has 65 heavy (non-hydrogen) atoms. The number of H-pyrrole nitrogens is 1. The number of anilines is 4. The molecule has 19 heteroatoms. The second kappa shape index (κ2) is 19.4. The third-order valence-electron chi connectivity index (χ3n) is 12.5. The maximum Gasteiger partial charge on any atom is 0.293 e. The van der Waals surface area contributed by atoms with Crippen molar-refractivity contribution < 1.29 is 37.1 Å². The summed E-state index contributed by atoms with van der Waals surface area (Å²) in [7, 11) is -2.82. The molecule has 1 aliphatic carbocycles. The number of nitrogens with zero attached hydrogens (tertiary/aromatic N) is 5. The summed E-state index contributed by atoms with van der Waals surface area (Å²) in [5, 5.41) is 16.7. The van der Waals surface area contributed by atoms with Crippen molar-refractivity contribution in [2.45, 2.75) is 42.8 Å². The highest BCUT2D eigenvalue weighted by molar-refractivity contribution is 7.90. The number of amides is 1. The summed E-state index contributed by atoms with van der Waals surface area (Å²) >= 11 is 6.24. The van der Waals surface area contributed by atoms with E-state index in [-0.39, 0.29) is 30.0 Å². The maximum absolute atomic E-state index is 14.4. The quantitative estimate of drug-likeness (QED) is 0.0828. The molecule has 3 aliphatic heterocycles. The largest absolute Gasteiger partial charge is 0.476 e. The van der Waals surface area contributed by atoms with Gasteiger partial charge in [0.25, 0.3) is 21.6 Å². The normalized spacial score (nSPS) is 19.7. The second-order valence-corrected chi connectivity index (χ2v) is 18.7. The maximum atomic E-state index is 14.4. The number of carbonyl (C=O) groups excluding carboxylic acids is 1. The average Bonchev–Trinajstić information content (AvgIpc) is 3.68. The Labute approximate surface area is 381 Å². The van der Waals surface area contributed by atoms with Crippen LogP contribution in [0.3, 0.4) is 0 Å². The fourth-order valence-corrected chi connectivity index (χ4v) is 10.1. The first-order valence-electron chi connectivity index (χ1n) is 21.8. The number of aromatic amines is 1. The van der Waals surface area contributed by atoms with E-state index < -0.39 is 31.4 Å². The lowest BCUT2D eigenvalue weighted by Crippen LogP contribution is -2.47. The van der Waals surface area contributed by atoms with Crippen LogP contribution >= 0.6 is 11.6 Å². The molecule has 2 fully saturated rings. The van der Waals surface area contributed by atoms with Crippen molar-refractivity contribution in [1.82, 2.24) is 19.6 Å². The van der Waals surface area contributed by atoms with E-state index in [4.69, 9.17) is 35.5 Å². The van der Waals surface area contributed by atoms with Crippen LogP contribution in [0.2, 0.25) is 5.02 Å². The monoisotopic (exact) mass is 926 g/mol. The number of ether oxygens (including phenoxy) is 4. The van der Waals surface area contributed by atoms with Gasteiger partial charge in [0.1, 0.15) is 17.0 Å². The Morgan fingerprint density at radius 1 is 1.00 bits per heavy atom. The summed E-state index contributed by atoms with van der Waals surface area (Å²) in [6, 6.07) is 20.8. The van der Waals surface area contributed by atoms with Gasteiger partial charge in [-0.2, -0.15) is 4.98 Å². The Balaban J connectivity index is 0.984. The molecule has 5 heterocycles. The smallest absolute Gasteiger partial charge is 0.293 e. The number of piperazine rings is 1. The predicted octanol–water partition coefficient (Wildman–Crippen LogP) is 6.77. The topological polar surface area (TPSA) is 194 Å². The van der Waals surface area contributed by atoms with Crippen LogP contribution in [0.25, 0.3) is 16.6 Å². The number of fused-ring (bicyclic) bond motifs is 2. The number of benzene rings is 3. The first-order chi connectivity index (χ1) is 31.5. The standard InChI is InChI=1S/C46H51ClN8O9S/c1-61-35-9-5-32(39(25-35)30-3-6-33(47)7-4-30)28-52-16-18-53(19-17-52)34-8-11-38(41(24-34)54-15-2-20-64-46-43(54)23-31-13-14-48-44(31)50-46)45(56)51-65(59,60)37-10-12-40(42(26-37)55(57)58)49-27-36-29-62-21-22-63-36/h3-4,6-8,10-14,23-24,26,35-36,49H,2,5,9,15-22,25,27-29H2,1H3,(H,48,50)(H,51,56)/t35-,36+/m1/s1. The number of nitrogens with one attached hydrogen (secondary N) is 3. The molecule has 0 spiro atoms. The van der Waals surface area contributed by atoms with Crippen LogP contribution in [0.15, 0.2) is 89.5 Å². The van der Waals surface area contributed by atoms with Crippen LogP contribution in [-0.2, 0) is 24.2 Å². The van der Waals surface area contributed by atoms with Crippen molar-refractivity contribution in [2.24, 2.45) is 0 Å². The predicted molar refractivity (Wildman–Crippen MR) is 248 cm³/mol. The van der Waals surface area contributed by atoms with E-state index >= 15 is 0 Å². The van der Waals surface area contributed by atoms with Gasteiger partial charge in [0.05, 0.1) is 59.7 Å². The molecule has 4 aliphatic rings. The lowest BCUT2D eigenvalue weighted by molar-refractivity contribution is -0.384. The Bertz CT molecular complexity index is 2700. The van der Waals surface area contributed by atoms with Crippen LogP contribution in [0.1, 0.15) is 41.6 Å². The van der Waals surface area contributed by atoms with Crippen LogP contribution in [0, 0.1) is 10.1 Å². The van der Waals surface area contributed by atoms with Gasteiger partial charge < -0.3 is 39.0 Å². The summed E-state index contributed by atoms with van der Waals surface area (Å²) < 4.78 is 53.0. The van der Waals surface area contributed by atoms with Crippen molar-refractivity contribution in [3.05, 3.63) is 111 Å². The lowest BCUT2D eigenvalue weighted by Gasteiger charge is -2.38. The fourth-order valence-electron chi connectivity index (χ4n) is 8.98. The van der Waals surface area contributed by atoms with E-state index in [2.05, 4.69) is 37.0 Å². The molecule has 9 rings (SSSR count). The number of methoxy groups -OCH3 is 1. The molecular weight excluding hydrogens is 876 g/mol. The highest BCUT2D eigenvalue weighted by Gasteiger charge is 2.31. The molecule has 3 N–H and O–H groups in total. The van der Waals surface area contributed by atoms with Crippen LogP contribution in [-0.4, -0.2) is 126 Å². The van der Waals surface area contributed by atoms with Gasteiger partial charge in [-0.15, -0.1) is 0 Å². The highest BCUT2D eigenvalue weighted by Crippen LogP contribution is 2.41. The molecule has 342 valence electrons. The van der Waals surface area contributed by atoms with Gasteiger partial charge in [-0.1, -0.05) is 29.3 Å². The molecule has 2 saturated heterocycles. The van der Waals surface area contributed by atoms with Gasteiger partial charge in [-0.05, 0) is 91.4 Å². The Hall–Kier alpha value is -5.76. The molecule has 2 aromatic heterocycles. The van der Waals surface area contributed by atoms with E-state index in [1.165, 1.54) is 28.8 Å². The Morgan fingerprint density at radius 2 is 1.83 bits per heavy atom. The van der Waals surface area contributed by atoms with Gasteiger partial charge >= 0.3 is 0 Å². The van der Waals surface area contributed by atoms with E-state index in [9.17, 15) is 23.3 Å². The molecule has 0 unspecified atom stereocenters. The number of sulfonamides is 1. The molecule has 1 amide bonds. The molecule has 3 aromatic carbocycles. The van der Waals surface area contributed by atoms with Crippen LogP contribution in [0.5, 0.6) is 5.88 Å². The number of rotatable bonds is 13. The van der Waals surface area contributed by atoms with E-state index in [0.717, 1.165) is 69.1 Å². The van der Waals surface area contributed by atoms with Gasteiger partial charge in [0.2, 0.25) is 5.88 Å². The minimum atomic E-state index is -4.60. The van der Waals surface area contributed by atoms with Gasteiger partial charge in [-0.25, -0.2) is 13.1 Å². The van der Waals surface area contributed by atoms with E-state index in [1.54, 1.807) is 19.4 Å². The highest BCUT2D eigenvalue weighted by atomic mass is 35.5. The van der Waals surface area contributed by atoms with Crippen molar-refractivity contribution in [3.63, 3.8) is 0 Å². The van der Waals surface area contributed by atoms with Crippen molar-refractivity contribution >= 4 is 72.6 Å². The molecular formula is C46H51ClN8O9S. The van der Waals surface area contributed by atoms with E-state index in [1.807, 2.05) is 41.3 Å². The molecule has 0 radical (unpaired) electrons. The number of halogens is 1. The third kappa shape index (κ3) is 9.92. The minimum absolute atomic E-state index is 0.0915. The third-order valence-corrected chi connectivity index (χ3v) is 14.0. The van der Waals surface area contributed by atoms with Crippen molar-refractivity contribution in [3.8, 4) is 5.88 Å². The average molecular weight is 927 g/mol. The summed E-state index contributed by atoms with van der Waals surface area (Å²) in [6.07, 6.45) is 5.01. The number of nitro benzene ring substituents is 1. The van der Waals surface area contributed by atoms with Crippen LogP contribution < -0.4 is 24.6 Å². The zero-order chi connectivity index (χ0) is 45.1.